The average molecular weight is 78.1 g/mol. The third kappa shape index (κ3) is 0.467. The molecule has 1 heteroatoms. The van der Waals surface area contributed by atoms with Crippen LogP contribution in [0.3, 0.4) is 0 Å². The van der Waals surface area contributed by atoms with E-state index in [1.807, 2.05) is 0 Å². The van der Waals surface area contributed by atoms with E-state index in [9.17, 15) is 0 Å². The zero-order valence-corrected chi connectivity index (χ0v) is 3.23. The second-order valence-corrected chi connectivity index (χ2v) is 0.933. The number of hydrogen-bond acceptors (Lipinski definition) is 0. The number of allylic oxidation sites excluding steroid dienone is 1. The monoisotopic (exact) mass is 78.0 g/mol. The first-order chi connectivity index (χ1) is 3.00. The summed E-state index contributed by atoms with van der Waals surface area (Å²) in [6, 6.07) is 0. The standard InChI is InChI=1S/C5H3N/c1-2-4-6-5-3-1/h2,4-5H/p+1. The van der Waals surface area contributed by atoms with Gasteiger partial charge in [0.2, 0.25) is 6.20 Å². The lowest BCUT2D eigenvalue weighted by Crippen LogP contribution is -2.60. The van der Waals surface area contributed by atoms with Crippen molar-refractivity contribution < 1.29 is 4.99 Å². The average Bonchev–Trinajstić information content (AvgIpc) is 1.72. The molecule has 0 aliphatic carbocycles. The lowest BCUT2D eigenvalue weighted by molar-refractivity contribution is -0.365. The molecule has 1 aliphatic rings. The van der Waals surface area contributed by atoms with Gasteiger partial charge in [-0.3, -0.25) is 0 Å². The van der Waals surface area contributed by atoms with Crippen LogP contribution in [-0.4, -0.2) is 6.21 Å². The van der Waals surface area contributed by atoms with E-state index in [4.69, 9.17) is 0 Å². The molecule has 0 saturated heterocycles. The lowest BCUT2D eigenvalue weighted by Gasteiger charge is -1.60. The van der Waals surface area contributed by atoms with Gasteiger partial charge in [0.05, 0.1) is 6.08 Å². The van der Waals surface area contributed by atoms with Gasteiger partial charge >= 0.3 is 0 Å². The second-order valence-electron chi connectivity index (χ2n) is 0.933. The third-order valence-electron chi connectivity index (χ3n) is 0.502. The largest absolute Gasteiger partial charge is 0.218 e. The van der Waals surface area contributed by atoms with Crippen LogP contribution in [0, 0.1) is 0 Å². The summed E-state index contributed by atoms with van der Waals surface area (Å²) >= 11 is 0. The first-order valence-corrected chi connectivity index (χ1v) is 1.74. The molecule has 0 unspecified atom stereocenters. The Morgan fingerprint density at radius 3 is 2.50 bits per heavy atom. The summed E-state index contributed by atoms with van der Waals surface area (Å²) in [7, 11) is 0. The fraction of sp³-hybridized carbons (Fsp3) is 0. The van der Waals surface area contributed by atoms with Crippen molar-refractivity contribution in [2.75, 3.05) is 0 Å². The first kappa shape index (κ1) is 3.17. The quantitative estimate of drug-likeness (QED) is 0.356. The Morgan fingerprint density at radius 2 is 2.33 bits per heavy atom. The van der Waals surface area contributed by atoms with E-state index in [2.05, 4.69) is 16.5 Å². The molecule has 28 valence electrons. The molecule has 0 amide bonds. The van der Waals surface area contributed by atoms with Crippen LogP contribution >= 0.6 is 0 Å². The summed E-state index contributed by atoms with van der Waals surface area (Å²) in [4.78, 5) is 2.81. The van der Waals surface area contributed by atoms with Crippen LogP contribution < -0.4 is 4.99 Å². The number of nitrogens with one attached hydrogen (secondary N) is 1. The molecule has 0 aromatic rings. The maximum atomic E-state index is 2.81. The fourth-order valence-corrected chi connectivity index (χ4v) is 0.269. The minimum atomic E-state index is 1.69. The van der Waals surface area contributed by atoms with Gasteiger partial charge in [0.1, 0.15) is 0 Å². The molecule has 0 atom stereocenters. The van der Waals surface area contributed by atoms with Gasteiger partial charge in [-0.2, -0.15) is 0 Å². The van der Waals surface area contributed by atoms with Crippen LogP contribution in [0.1, 0.15) is 0 Å². The number of hydrogen-bond donors (Lipinski definition) is 1. The molecule has 1 N–H and O–H groups in total. The second kappa shape index (κ2) is 1.42. The molecule has 0 aromatic heterocycles. The minimum absolute atomic E-state index is 1.69. The van der Waals surface area contributed by atoms with Crippen LogP contribution in [-0.2, 0) is 0 Å². The van der Waals surface area contributed by atoms with E-state index in [0.29, 0.717) is 0 Å². The van der Waals surface area contributed by atoms with E-state index in [-0.39, 0.29) is 0 Å². The van der Waals surface area contributed by atoms with Crippen LogP contribution in [0.5, 0.6) is 0 Å². The summed E-state index contributed by atoms with van der Waals surface area (Å²) in [5, 5.41) is 0. The summed E-state index contributed by atoms with van der Waals surface area (Å²) in [5.74, 6) is 0. The number of rotatable bonds is 0. The van der Waals surface area contributed by atoms with Crippen molar-refractivity contribution in [2.24, 2.45) is 0 Å². The third-order valence-corrected chi connectivity index (χ3v) is 0.502. The Hall–Kier alpha value is -1.03. The molecule has 0 saturated carbocycles. The zero-order valence-electron chi connectivity index (χ0n) is 3.23. The van der Waals surface area contributed by atoms with Gasteiger partial charge in [-0.25, -0.2) is 4.99 Å². The molecule has 1 heterocycles. The Balaban J connectivity index is 3.10. The molecule has 0 spiro atoms. The summed E-state index contributed by atoms with van der Waals surface area (Å²) in [5.41, 5.74) is 5.45. The molecule has 1 nitrogen and oxygen atoms in total. The van der Waals surface area contributed by atoms with E-state index >= 15 is 0 Å². The lowest BCUT2D eigenvalue weighted by atomic mass is 10.6. The molecular weight excluding hydrogens is 74.1 g/mol. The van der Waals surface area contributed by atoms with Crippen molar-refractivity contribution >= 4 is 6.21 Å². The minimum Gasteiger partial charge on any atom is -0.210 e. The SMILES string of the molecule is C1=C=C[NH+]=CC=1. The van der Waals surface area contributed by atoms with Crippen molar-refractivity contribution in [2.45, 2.75) is 0 Å². The van der Waals surface area contributed by atoms with Crippen molar-refractivity contribution in [3.8, 4) is 0 Å². The summed E-state index contributed by atoms with van der Waals surface area (Å²) in [6.07, 6.45) is 5.25. The fourth-order valence-electron chi connectivity index (χ4n) is 0.269. The molecule has 6 heavy (non-hydrogen) atoms. The van der Waals surface area contributed by atoms with Crippen LogP contribution in [0.4, 0.5) is 0 Å². The predicted octanol–water partition coefficient (Wildman–Crippen LogP) is -1.02. The topological polar surface area (TPSA) is 14.0 Å². The van der Waals surface area contributed by atoms with Gasteiger partial charge in [-0.05, 0) is 5.73 Å². The van der Waals surface area contributed by atoms with Crippen LogP contribution in [0.15, 0.2) is 23.7 Å². The predicted molar refractivity (Wildman–Crippen MR) is 23.2 cm³/mol. The van der Waals surface area contributed by atoms with Gasteiger partial charge in [0.25, 0.3) is 0 Å². The summed E-state index contributed by atoms with van der Waals surface area (Å²) < 4.78 is 0. The van der Waals surface area contributed by atoms with Gasteiger partial charge in [0.15, 0.2) is 6.21 Å². The van der Waals surface area contributed by atoms with Crippen LogP contribution in [0.25, 0.3) is 0 Å². The molecule has 0 fully saturated rings. The van der Waals surface area contributed by atoms with Gasteiger partial charge in [-0.15, -0.1) is 0 Å². The Morgan fingerprint density at radius 1 is 1.33 bits per heavy atom. The van der Waals surface area contributed by atoms with E-state index in [1.165, 1.54) is 0 Å². The molecule has 0 bridgehead atoms. The maximum absolute atomic E-state index is 2.81. The van der Waals surface area contributed by atoms with E-state index < -0.39 is 0 Å². The molecule has 0 radical (unpaired) electrons. The molecule has 1 aliphatic heterocycles. The van der Waals surface area contributed by atoms with E-state index in [1.54, 1.807) is 18.5 Å². The molecular formula is C5H4N+. The zero-order chi connectivity index (χ0) is 4.24. The first-order valence-electron chi connectivity index (χ1n) is 1.74. The van der Waals surface area contributed by atoms with Gasteiger partial charge < -0.3 is 0 Å². The molecule has 0 aromatic carbocycles. The highest BCUT2D eigenvalue weighted by Gasteiger charge is 1.68. The van der Waals surface area contributed by atoms with Gasteiger partial charge in [0, 0.05) is 0 Å². The van der Waals surface area contributed by atoms with Gasteiger partial charge in [-0.1, -0.05) is 5.73 Å². The van der Waals surface area contributed by atoms with Crippen molar-refractivity contribution in [3.05, 3.63) is 23.7 Å². The van der Waals surface area contributed by atoms with E-state index in [0.717, 1.165) is 0 Å². The van der Waals surface area contributed by atoms with Crippen molar-refractivity contribution in [1.29, 1.82) is 0 Å². The highest BCUT2D eigenvalue weighted by Crippen LogP contribution is 1.52. The summed E-state index contributed by atoms with van der Waals surface area (Å²) in [6.45, 7) is 0. The smallest absolute Gasteiger partial charge is 0.210 e. The molecule has 1 rings (SSSR count). The maximum Gasteiger partial charge on any atom is 0.218 e. The Bertz CT molecular complexity index is 135. The Kier molecular flexibility index (Phi) is 0.749. The normalized spacial score (nSPS) is 13.3. The van der Waals surface area contributed by atoms with Crippen molar-refractivity contribution in [3.63, 3.8) is 0 Å². The van der Waals surface area contributed by atoms with Crippen LogP contribution in [0.2, 0.25) is 0 Å². The Labute approximate surface area is 36.0 Å². The highest BCUT2D eigenvalue weighted by molar-refractivity contribution is 5.65. The van der Waals surface area contributed by atoms with Crippen molar-refractivity contribution in [1.82, 2.24) is 0 Å². The highest BCUT2D eigenvalue weighted by atomic mass is 14.6.